The highest BCUT2D eigenvalue weighted by Gasteiger charge is 2.27. The van der Waals surface area contributed by atoms with E-state index in [1.807, 2.05) is 30.0 Å². The van der Waals surface area contributed by atoms with E-state index in [2.05, 4.69) is 22.2 Å². The highest BCUT2D eigenvalue weighted by molar-refractivity contribution is 6.13. The molecule has 0 atom stereocenters. The Hall–Kier alpha value is -5.47. The molecule has 4 aromatic rings. The molecule has 54 heavy (non-hydrogen) atoms. The van der Waals surface area contributed by atoms with Crippen LogP contribution >= 0.6 is 0 Å². The molecule has 1 saturated heterocycles. The second kappa shape index (κ2) is 17.1. The molecule has 1 aromatic heterocycles. The van der Waals surface area contributed by atoms with E-state index in [9.17, 15) is 19.2 Å². The van der Waals surface area contributed by atoms with Crippen LogP contribution in [0.3, 0.4) is 0 Å². The number of hydrogen-bond donors (Lipinski definition) is 2. The number of aryl methyl sites for hydroxylation is 1. The van der Waals surface area contributed by atoms with Gasteiger partial charge in [-0.2, -0.15) is 0 Å². The van der Waals surface area contributed by atoms with Gasteiger partial charge in [-0.1, -0.05) is 12.1 Å². The van der Waals surface area contributed by atoms with Gasteiger partial charge < -0.3 is 44.5 Å². The number of piperazine rings is 1. The maximum atomic E-state index is 13.8. The first-order valence-corrected chi connectivity index (χ1v) is 18.1. The van der Waals surface area contributed by atoms with Crippen molar-refractivity contribution >= 4 is 46.1 Å². The largest absolute Gasteiger partial charge is 0.495 e. The third kappa shape index (κ3) is 9.36. The number of fused-ring (bicyclic) bond motifs is 1. The predicted octanol–water partition coefficient (Wildman–Crippen LogP) is 5.08. The minimum Gasteiger partial charge on any atom is -0.495 e. The van der Waals surface area contributed by atoms with E-state index >= 15 is 0 Å². The Morgan fingerprint density at radius 2 is 1.70 bits per heavy atom. The number of benzene rings is 3. The van der Waals surface area contributed by atoms with Crippen molar-refractivity contribution in [3.8, 4) is 11.5 Å². The number of carbonyl (C=O) groups is 4. The lowest BCUT2D eigenvalue weighted by Gasteiger charge is -2.32. The van der Waals surface area contributed by atoms with Crippen LogP contribution in [0.5, 0.6) is 11.5 Å². The van der Waals surface area contributed by atoms with Gasteiger partial charge in [0.05, 0.1) is 42.8 Å². The number of hydrogen-bond acceptors (Lipinski definition) is 10. The lowest BCUT2D eigenvalue weighted by atomic mass is 10.1. The number of nitrogens with two attached hydrogens (primary N) is 1. The summed E-state index contributed by atoms with van der Waals surface area (Å²) < 4.78 is 18.8. The lowest BCUT2D eigenvalue weighted by molar-refractivity contribution is -0.132. The van der Waals surface area contributed by atoms with Crippen molar-refractivity contribution in [1.29, 1.82) is 0 Å². The summed E-state index contributed by atoms with van der Waals surface area (Å²) in [5.74, 6) is -0.478. The highest BCUT2D eigenvalue weighted by Crippen LogP contribution is 2.33. The van der Waals surface area contributed by atoms with Crippen LogP contribution in [0.15, 0.2) is 54.6 Å². The summed E-state index contributed by atoms with van der Waals surface area (Å²) in [6.45, 7) is 10.9. The van der Waals surface area contributed by atoms with Crippen LogP contribution in [0.1, 0.15) is 76.9 Å². The normalized spacial score (nSPS) is 13.4. The molecule has 2 heterocycles. The first-order chi connectivity index (χ1) is 25.7. The molecule has 0 spiro atoms. The maximum absolute atomic E-state index is 13.8. The second-order valence-corrected chi connectivity index (χ2v) is 14.4. The number of methoxy groups -OCH3 is 1. The van der Waals surface area contributed by atoms with Gasteiger partial charge in [0.25, 0.3) is 11.8 Å². The number of nitrogens with one attached hydrogen (secondary N) is 1. The number of nitrogens with zero attached hydrogens (tertiary/aromatic N) is 5. The number of para-hydroxylation sites is 1. The summed E-state index contributed by atoms with van der Waals surface area (Å²) in [4.78, 5) is 63.1. The van der Waals surface area contributed by atoms with Gasteiger partial charge in [-0.25, -0.2) is 9.78 Å². The van der Waals surface area contributed by atoms with Gasteiger partial charge in [0, 0.05) is 45.2 Å². The van der Waals surface area contributed by atoms with Crippen molar-refractivity contribution < 1.29 is 33.4 Å². The Morgan fingerprint density at radius 1 is 0.963 bits per heavy atom. The first-order valence-electron chi connectivity index (χ1n) is 18.1. The van der Waals surface area contributed by atoms with Gasteiger partial charge in [0.2, 0.25) is 11.7 Å². The second-order valence-electron chi connectivity index (χ2n) is 14.4. The number of unbranched alkanes of at least 4 members (excludes halogenated alkanes) is 1. The van der Waals surface area contributed by atoms with Crippen LogP contribution in [0.25, 0.3) is 11.0 Å². The van der Waals surface area contributed by atoms with Gasteiger partial charge in [-0.15, -0.1) is 0 Å². The smallest absolute Gasteiger partial charge is 0.375 e. The van der Waals surface area contributed by atoms with Crippen LogP contribution in [-0.4, -0.2) is 103 Å². The van der Waals surface area contributed by atoms with Crippen LogP contribution < -0.4 is 25.4 Å². The van der Waals surface area contributed by atoms with Gasteiger partial charge in [0.15, 0.2) is 0 Å². The molecule has 14 heteroatoms. The van der Waals surface area contributed by atoms with Crippen LogP contribution in [0, 0.1) is 6.92 Å². The van der Waals surface area contributed by atoms with Crippen molar-refractivity contribution in [1.82, 2.24) is 19.4 Å². The fourth-order valence-corrected chi connectivity index (χ4v) is 6.20. The molecular weight excluding hydrogens is 690 g/mol. The topological polar surface area (TPSA) is 162 Å². The molecule has 0 aliphatic carbocycles. The van der Waals surface area contributed by atoms with E-state index in [4.69, 9.17) is 19.9 Å². The summed E-state index contributed by atoms with van der Waals surface area (Å²) in [6, 6.07) is 15.4. The molecule has 0 saturated carbocycles. The fraction of sp³-hybridized carbons (Fsp3) is 0.425. The van der Waals surface area contributed by atoms with Crippen LogP contribution in [-0.2, 0) is 16.2 Å². The molecule has 3 N–H and O–H groups in total. The van der Waals surface area contributed by atoms with E-state index in [-0.39, 0.29) is 41.1 Å². The molecule has 3 amide bonds. The van der Waals surface area contributed by atoms with E-state index in [1.165, 1.54) is 16.6 Å². The number of anilines is 2. The zero-order valence-electron chi connectivity index (χ0n) is 32.2. The van der Waals surface area contributed by atoms with Gasteiger partial charge in [0.1, 0.15) is 22.6 Å². The van der Waals surface area contributed by atoms with Gasteiger partial charge in [-0.3, -0.25) is 14.4 Å². The van der Waals surface area contributed by atoms with E-state index in [1.54, 1.807) is 64.2 Å². The Bertz CT molecular complexity index is 2010. The SMILES string of the molecule is COc1cc(C(=O)N(C)c2ccc(C)cc2OCCCCC(=O)N2CCN(C)CC2)ccc1NC(=O)c1cccc2c1nc(C(=O)OC(C)(C)C)n2CN. The van der Waals surface area contributed by atoms with Crippen molar-refractivity contribution in [3.63, 3.8) is 0 Å². The monoisotopic (exact) mass is 741 g/mol. The number of amides is 3. The molecule has 1 aliphatic heterocycles. The van der Waals surface area contributed by atoms with E-state index in [0.717, 1.165) is 31.7 Å². The average Bonchev–Trinajstić information content (AvgIpc) is 3.53. The summed E-state index contributed by atoms with van der Waals surface area (Å²) in [7, 11) is 5.18. The molecule has 14 nitrogen and oxygen atoms in total. The summed E-state index contributed by atoms with van der Waals surface area (Å²) in [5.41, 5.74) is 8.43. The minimum absolute atomic E-state index is 0.0115. The Morgan fingerprint density at radius 3 is 2.39 bits per heavy atom. The molecular formula is C40H51N7O7. The van der Waals surface area contributed by atoms with E-state index < -0.39 is 17.5 Å². The number of imidazole rings is 1. The Labute approximate surface area is 316 Å². The van der Waals surface area contributed by atoms with Crippen molar-refractivity contribution in [2.75, 3.05) is 64.2 Å². The summed E-state index contributed by atoms with van der Waals surface area (Å²) >= 11 is 0. The zero-order valence-corrected chi connectivity index (χ0v) is 32.2. The van der Waals surface area contributed by atoms with Crippen LogP contribution in [0.4, 0.5) is 11.4 Å². The third-order valence-electron chi connectivity index (χ3n) is 9.16. The predicted molar refractivity (Wildman–Crippen MR) is 207 cm³/mol. The van der Waals surface area contributed by atoms with Crippen molar-refractivity contribution in [2.45, 2.75) is 59.2 Å². The lowest BCUT2D eigenvalue weighted by Crippen LogP contribution is -2.47. The van der Waals surface area contributed by atoms with Crippen molar-refractivity contribution in [3.05, 3.63) is 77.1 Å². The fourth-order valence-electron chi connectivity index (χ4n) is 6.20. The number of esters is 1. The molecule has 5 rings (SSSR count). The molecule has 288 valence electrons. The quantitative estimate of drug-likeness (QED) is 0.140. The van der Waals surface area contributed by atoms with Crippen molar-refractivity contribution in [2.24, 2.45) is 5.73 Å². The standard InChI is InChI=1S/C40H51N7O7/c1-26-14-17-30(33(23-26)53-22-9-8-13-34(48)46-20-18-44(5)19-21-46)45(6)38(50)27-15-16-29(32(24-27)52-7)42-37(49)28-11-10-12-31-35(28)43-36(47(31)25-41)39(51)54-40(2,3)4/h10-12,14-17,23-24H,8-9,13,18-22,25,41H2,1-7H3,(H,42,49). The Balaban J connectivity index is 1.26. The molecule has 1 aliphatic rings. The minimum atomic E-state index is -0.752. The highest BCUT2D eigenvalue weighted by atomic mass is 16.6. The third-order valence-corrected chi connectivity index (χ3v) is 9.16. The number of carbonyl (C=O) groups excluding carboxylic acids is 4. The zero-order chi connectivity index (χ0) is 39.2. The molecule has 0 radical (unpaired) electrons. The number of likely N-dealkylation sites (N-methyl/N-ethyl adjacent to an activating group) is 1. The summed E-state index contributed by atoms with van der Waals surface area (Å²) in [6.07, 6.45) is 1.89. The van der Waals surface area contributed by atoms with Crippen LogP contribution in [0.2, 0.25) is 0 Å². The molecule has 1 fully saturated rings. The Kier molecular flexibility index (Phi) is 12.6. The number of ether oxygens (including phenoxy) is 3. The first kappa shape index (κ1) is 39.7. The van der Waals surface area contributed by atoms with Gasteiger partial charge in [-0.05, 0) is 95.6 Å². The molecule has 3 aromatic carbocycles. The van der Waals surface area contributed by atoms with Gasteiger partial charge >= 0.3 is 5.97 Å². The van der Waals surface area contributed by atoms with E-state index in [0.29, 0.717) is 54.1 Å². The summed E-state index contributed by atoms with van der Waals surface area (Å²) in [5, 5.41) is 2.86. The molecule has 0 unspecified atom stereocenters. The number of rotatable bonds is 13. The molecule has 0 bridgehead atoms. The maximum Gasteiger partial charge on any atom is 0.375 e. The number of aromatic nitrogens is 2. The average molecular weight is 742 g/mol.